The van der Waals surface area contributed by atoms with Gasteiger partial charge in [0, 0.05) is 17.0 Å². The average Bonchev–Trinajstić information content (AvgIpc) is 3.39. The van der Waals surface area contributed by atoms with Crippen LogP contribution < -0.4 is 10.1 Å². The molecule has 0 saturated carbocycles. The van der Waals surface area contributed by atoms with E-state index in [-0.39, 0.29) is 5.91 Å². The average molecular weight is 417 g/mol. The quantitative estimate of drug-likeness (QED) is 0.501. The summed E-state index contributed by atoms with van der Waals surface area (Å²) in [6.45, 7) is 3.54. The molecule has 0 atom stereocenters. The van der Waals surface area contributed by atoms with E-state index in [4.69, 9.17) is 4.74 Å². The van der Waals surface area contributed by atoms with Crippen molar-refractivity contribution in [3.8, 4) is 17.1 Å². The Kier molecular flexibility index (Phi) is 7.50. The molecule has 148 valence electrons. The molecular weight excluding hydrogens is 392 g/mol. The largest absolute Gasteiger partial charge is 0.497 e. The molecule has 0 saturated heterocycles. The first kappa shape index (κ1) is 20.4. The number of rotatable bonds is 10. The normalized spacial score (nSPS) is 10.8. The molecule has 0 spiro atoms. The maximum absolute atomic E-state index is 12.2. The fourth-order valence-corrected chi connectivity index (χ4v) is 4.09. The summed E-state index contributed by atoms with van der Waals surface area (Å²) in [5.41, 5.74) is 0.985. The summed E-state index contributed by atoms with van der Waals surface area (Å²) in [7, 11) is 1.65. The van der Waals surface area contributed by atoms with Gasteiger partial charge in [-0.2, -0.15) is 0 Å². The van der Waals surface area contributed by atoms with Gasteiger partial charge in [0.2, 0.25) is 5.91 Å². The van der Waals surface area contributed by atoms with E-state index in [2.05, 4.69) is 27.0 Å². The number of hydrogen-bond donors (Lipinski definition) is 1. The lowest BCUT2D eigenvalue weighted by Crippen LogP contribution is -2.24. The molecule has 3 aromatic rings. The number of methoxy groups -OCH3 is 1. The number of aromatic nitrogens is 3. The van der Waals surface area contributed by atoms with E-state index >= 15 is 0 Å². The van der Waals surface area contributed by atoms with Crippen LogP contribution in [0, 0.1) is 0 Å². The second kappa shape index (κ2) is 10.3. The Labute approximate surface area is 173 Å². The van der Waals surface area contributed by atoms with Crippen molar-refractivity contribution in [3.05, 3.63) is 46.7 Å². The molecule has 0 aliphatic rings. The molecular formula is C20H24N4O2S2. The highest BCUT2D eigenvalue weighted by atomic mass is 32.2. The molecule has 0 unspecified atom stereocenters. The Morgan fingerprint density at radius 1 is 1.25 bits per heavy atom. The highest BCUT2D eigenvalue weighted by Crippen LogP contribution is 2.26. The molecule has 0 aliphatic carbocycles. The fraction of sp³-hybridized carbons (Fsp3) is 0.350. The van der Waals surface area contributed by atoms with Crippen LogP contribution in [0.4, 0.5) is 0 Å². The molecule has 28 heavy (non-hydrogen) atoms. The van der Waals surface area contributed by atoms with Gasteiger partial charge in [-0.05, 0) is 42.1 Å². The smallest absolute Gasteiger partial charge is 0.230 e. The lowest BCUT2D eigenvalue weighted by atomic mass is 10.2. The van der Waals surface area contributed by atoms with Crippen LogP contribution in [0.25, 0.3) is 11.4 Å². The third-order valence-electron chi connectivity index (χ3n) is 4.17. The number of nitrogens with zero attached hydrogens (tertiary/aromatic N) is 3. The highest BCUT2D eigenvalue weighted by Gasteiger charge is 2.15. The highest BCUT2D eigenvalue weighted by molar-refractivity contribution is 7.99. The number of amides is 1. The number of ether oxygens (including phenoxy) is 1. The minimum Gasteiger partial charge on any atom is -0.497 e. The van der Waals surface area contributed by atoms with Gasteiger partial charge in [-0.15, -0.1) is 21.5 Å². The second-order valence-corrected chi connectivity index (χ2v) is 8.16. The third-order valence-corrected chi connectivity index (χ3v) is 6.02. The van der Waals surface area contributed by atoms with Crippen molar-refractivity contribution in [3.63, 3.8) is 0 Å². The zero-order valence-electron chi connectivity index (χ0n) is 16.1. The van der Waals surface area contributed by atoms with Gasteiger partial charge in [0.25, 0.3) is 0 Å². The monoisotopic (exact) mass is 416 g/mol. The Balaban J connectivity index is 1.67. The lowest BCUT2D eigenvalue weighted by Gasteiger charge is -2.10. The van der Waals surface area contributed by atoms with Crippen molar-refractivity contribution in [2.24, 2.45) is 0 Å². The van der Waals surface area contributed by atoms with Gasteiger partial charge in [0.05, 0.1) is 19.4 Å². The lowest BCUT2D eigenvalue weighted by molar-refractivity contribution is -0.118. The third kappa shape index (κ3) is 5.36. The van der Waals surface area contributed by atoms with Crippen LogP contribution >= 0.6 is 23.1 Å². The van der Waals surface area contributed by atoms with Crippen LogP contribution in [-0.4, -0.2) is 33.5 Å². The molecule has 8 heteroatoms. The predicted octanol–water partition coefficient (Wildman–Crippen LogP) is 4.22. The number of hydrogen-bond acceptors (Lipinski definition) is 6. The molecule has 1 aromatic carbocycles. The van der Waals surface area contributed by atoms with Crippen LogP contribution in [0.3, 0.4) is 0 Å². The van der Waals surface area contributed by atoms with Crippen LogP contribution in [0.2, 0.25) is 0 Å². The fourth-order valence-electron chi connectivity index (χ4n) is 2.65. The molecule has 0 radical (unpaired) electrons. The molecule has 0 aliphatic heterocycles. The van der Waals surface area contributed by atoms with Crippen molar-refractivity contribution < 1.29 is 9.53 Å². The Bertz CT molecular complexity index is 876. The molecule has 0 bridgehead atoms. The Morgan fingerprint density at radius 3 is 2.75 bits per heavy atom. The van der Waals surface area contributed by atoms with Crippen LogP contribution in [-0.2, 0) is 17.9 Å². The summed E-state index contributed by atoms with van der Waals surface area (Å²) in [5.74, 6) is 1.94. The van der Waals surface area contributed by atoms with E-state index in [1.165, 1.54) is 11.8 Å². The number of unbranched alkanes of at least 4 members (excludes halogenated alkanes) is 1. The van der Waals surface area contributed by atoms with Crippen molar-refractivity contribution in [2.45, 2.75) is 38.0 Å². The van der Waals surface area contributed by atoms with Crippen LogP contribution in [0.5, 0.6) is 5.75 Å². The standard InChI is InChI=1S/C20H24N4O2S2/c1-3-4-11-24-19(15-7-9-16(26-2)10-8-15)22-23-20(24)28-14-18(25)21-13-17-6-5-12-27-17/h5-10,12H,3-4,11,13-14H2,1-2H3,(H,21,25). The summed E-state index contributed by atoms with van der Waals surface area (Å²) in [6.07, 6.45) is 2.10. The number of thiophene rings is 1. The summed E-state index contributed by atoms with van der Waals surface area (Å²) in [5, 5.41) is 14.4. The first-order chi connectivity index (χ1) is 13.7. The van der Waals surface area contributed by atoms with Crippen molar-refractivity contribution in [1.82, 2.24) is 20.1 Å². The van der Waals surface area contributed by atoms with Gasteiger partial charge >= 0.3 is 0 Å². The van der Waals surface area contributed by atoms with Crippen molar-refractivity contribution in [2.75, 3.05) is 12.9 Å². The topological polar surface area (TPSA) is 69.0 Å². The van der Waals surface area contributed by atoms with E-state index in [1.807, 2.05) is 41.8 Å². The number of nitrogens with one attached hydrogen (secondary N) is 1. The van der Waals surface area contributed by atoms with E-state index < -0.39 is 0 Å². The minimum atomic E-state index is -0.00515. The van der Waals surface area contributed by atoms with E-state index in [1.54, 1.807) is 18.4 Å². The molecule has 2 heterocycles. The van der Waals surface area contributed by atoms with Crippen molar-refractivity contribution >= 4 is 29.0 Å². The van der Waals surface area contributed by atoms with E-state index in [0.29, 0.717) is 12.3 Å². The van der Waals surface area contributed by atoms with E-state index in [0.717, 1.165) is 46.6 Å². The Morgan fingerprint density at radius 2 is 2.07 bits per heavy atom. The van der Waals surface area contributed by atoms with Gasteiger partial charge in [-0.25, -0.2) is 0 Å². The summed E-state index contributed by atoms with van der Waals surface area (Å²) < 4.78 is 7.33. The number of thioether (sulfide) groups is 1. The van der Waals surface area contributed by atoms with Gasteiger partial charge in [0.15, 0.2) is 11.0 Å². The second-order valence-electron chi connectivity index (χ2n) is 6.18. The number of benzene rings is 1. The number of carbonyl (C=O) groups excluding carboxylic acids is 1. The van der Waals surface area contributed by atoms with Crippen molar-refractivity contribution in [1.29, 1.82) is 0 Å². The maximum atomic E-state index is 12.2. The van der Waals surface area contributed by atoms with Gasteiger partial charge in [-0.3, -0.25) is 4.79 Å². The van der Waals surface area contributed by atoms with Crippen LogP contribution in [0.1, 0.15) is 24.6 Å². The Hall–Kier alpha value is -2.32. The molecule has 3 rings (SSSR count). The van der Waals surface area contributed by atoms with Crippen LogP contribution in [0.15, 0.2) is 46.9 Å². The molecule has 1 amide bonds. The first-order valence-corrected chi connectivity index (χ1v) is 11.1. The maximum Gasteiger partial charge on any atom is 0.230 e. The van der Waals surface area contributed by atoms with Gasteiger partial charge < -0.3 is 14.6 Å². The van der Waals surface area contributed by atoms with Gasteiger partial charge in [0.1, 0.15) is 5.75 Å². The SMILES string of the molecule is CCCCn1c(SCC(=O)NCc2cccs2)nnc1-c1ccc(OC)cc1. The summed E-state index contributed by atoms with van der Waals surface area (Å²) >= 11 is 3.06. The summed E-state index contributed by atoms with van der Waals surface area (Å²) in [6, 6.07) is 11.8. The first-order valence-electron chi connectivity index (χ1n) is 9.20. The molecule has 1 N–H and O–H groups in total. The zero-order valence-corrected chi connectivity index (χ0v) is 17.7. The minimum absolute atomic E-state index is 0.00515. The summed E-state index contributed by atoms with van der Waals surface area (Å²) in [4.78, 5) is 13.3. The molecule has 6 nitrogen and oxygen atoms in total. The molecule has 2 aromatic heterocycles. The van der Waals surface area contributed by atoms with Gasteiger partial charge in [-0.1, -0.05) is 31.2 Å². The molecule has 0 fully saturated rings. The zero-order chi connectivity index (χ0) is 19.8. The number of carbonyl (C=O) groups is 1. The van der Waals surface area contributed by atoms with E-state index in [9.17, 15) is 4.79 Å². The predicted molar refractivity (Wildman–Crippen MR) is 114 cm³/mol.